The molecule has 88 valence electrons. The molecule has 17 heavy (non-hydrogen) atoms. The van der Waals surface area contributed by atoms with E-state index < -0.39 is 11.1 Å². The lowest BCUT2D eigenvalue weighted by Gasteiger charge is -2.05. The molecule has 0 bridgehead atoms. The van der Waals surface area contributed by atoms with E-state index in [0.29, 0.717) is 27.2 Å². The first-order valence-corrected chi connectivity index (χ1v) is 6.17. The van der Waals surface area contributed by atoms with Gasteiger partial charge in [0, 0.05) is 28.9 Å². The summed E-state index contributed by atoms with van der Waals surface area (Å²) in [5.74, 6) is 0. The van der Waals surface area contributed by atoms with Crippen LogP contribution in [0.5, 0.6) is 0 Å². The number of fused-ring (bicyclic) bond motifs is 1. The van der Waals surface area contributed by atoms with Crippen LogP contribution in [-0.2, 0) is 6.18 Å². The van der Waals surface area contributed by atoms with Crippen molar-refractivity contribution >= 4 is 33.2 Å². The van der Waals surface area contributed by atoms with Crippen LogP contribution in [0.15, 0.2) is 17.6 Å². The van der Waals surface area contributed by atoms with Crippen LogP contribution in [0.25, 0.3) is 21.5 Å². The molecule has 0 amide bonds. The molecule has 0 atom stereocenters. The molecule has 0 spiro atoms. The number of H-pyrrole nitrogens is 1. The van der Waals surface area contributed by atoms with Crippen molar-refractivity contribution < 1.29 is 13.2 Å². The molecule has 0 aromatic carbocycles. The molecule has 3 aromatic rings. The van der Waals surface area contributed by atoms with Gasteiger partial charge in [-0.15, -0.1) is 16.4 Å². The third kappa shape index (κ3) is 1.64. The Labute approximate surface area is 101 Å². The van der Waals surface area contributed by atoms with E-state index >= 15 is 0 Å². The van der Waals surface area contributed by atoms with Crippen LogP contribution in [0.4, 0.5) is 13.2 Å². The summed E-state index contributed by atoms with van der Waals surface area (Å²) < 4.78 is 42.0. The van der Waals surface area contributed by atoms with Gasteiger partial charge in [-0.2, -0.15) is 13.2 Å². The molecule has 3 nitrogen and oxygen atoms in total. The van der Waals surface area contributed by atoms with E-state index in [1.165, 1.54) is 17.6 Å². The first kappa shape index (κ1) is 10.7. The number of hydrogen-bond acceptors (Lipinski definition) is 4. The maximum Gasteiger partial charge on any atom is 0.426 e. The van der Waals surface area contributed by atoms with Gasteiger partial charge in [0.25, 0.3) is 0 Å². The van der Waals surface area contributed by atoms with E-state index in [-0.39, 0.29) is 5.56 Å². The van der Waals surface area contributed by atoms with Crippen molar-refractivity contribution in [1.29, 1.82) is 0 Å². The fourth-order valence-corrected chi connectivity index (χ4v) is 2.95. The van der Waals surface area contributed by atoms with Crippen LogP contribution in [0.3, 0.4) is 0 Å². The molecule has 8 heteroatoms. The number of aromatic amines is 1. The average molecular weight is 275 g/mol. The number of thiophene rings is 1. The van der Waals surface area contributed by atoms with Crippen molar-refractivity contribution in [2.45, 2.75) is 6.18 Å². The minimum atomic E-state index is -4.34. The molecule has 0 unspecified atom stereocenters. The summed E-state index contributed by atoms with van der Waals surface area (Å²) in [5, 5.41) is 5.26. The van der Waals surface area contributed by atoms with Gasteiger partial charge in [-0.25, -0.2) is 0 Å². The van der Waals surface area contributed by atoms with Crippen molar-refractivity contribution in [2.75, 3.05) is 0 Å². The van der Waals surface area contributed by atoms with Gasteiger partial charge in [-0.3, -0.25) is 0 Å². The van der Waals surface area contributed by atoms with Gasteiger partial charge < -0.3 is 4.98 Å². The van der Waals surface area contributed by atoms with Crippen LogP contribution < -0.4 is 0 Å². The Balaban J connectivity index is 2.24. The highest BCUT2D eigenvalue weighted by Crippen LogP contribution is 2.42. The smallest absolute Gasteiger partial charge is 0.350 e. The number of hydrogen-bond donors (Lipinski definition) is 1. The number of nitrogens with zero attached hydrogens (tertiary/aromatic N) is 2. The molecule has 1 N–H and O–H groups in total. The highest BCUT2D eigenvalue weighted by Gasteiger charge is 2.35. The standard InChI is InChI=1S/C9H4F3N3S2/c10-9(11,12)7-4(1-2-16-7)5-3-13-8-6(5)14-15-17-8/h1-3,13H. The predicted octanol–water partition coefficient (Wildman–Crippen LogP) is 3.77. The van der Waals surface area contributed by atoms with Crippen molar-refractivity contribution in [3.8, 4) is 11.1 Å². The lowest BCUT2D eigenvalue weighted by molar-refractivity contribution is -0.133. The van der Waals surface area contributed by atoms with Gasteiger partial charge in [0.1, 0.15) is 15.2 Å². The lowest BCUT2D eigenvalue weighted by atomic mass is 10.1. The Morgan fingerprint density at radius 3 is 2.82 bits per heavy atom. The molecular formula is C9H4F3N3S2. The third-order valence-electron chi connectivity index (χ3n) is 2.30. The molecule has 3 rings (SSSR count). The molecule has 0 aliphatic rings. The van der Waals surface area contributed by atoms with Crippen molar-refractivity contribution in [3.63, 3.8) is 0 Å². The zero-order valence-electron chi connectivity index (χ0n) is 8.08. The van der Waals surface area contributed by atoms with Gasteiger partial charge in [0.2, 0.25) is 0 Å². The summed E-state index contributed by atoms with van der Waals surface area (Å²) in [6.45, 7) is 0. The van der Waals surface area contributed by atoms with Gasteiger partial charge in [-0.05, 0) is 11.4 Å². The number of rotatable bonds is 1. The highest BCUT2D eigenvalue weighted by atomic mass is 32.1. The van der Waals surface area contributed by atoms with E-state index in [9.17, 15) is 13.2 Å². The van der Waals surface area contributed by atoms with E-state index in [1.807, 2.05) is 0 Å². The van der Waals surface area contributed by atoms with Crippen LogP contribution in [-0.4, -0.2) is 14.6 Å². The molecule has 0 aliphatic carbocycles. The molecular weight excluding hydrogens is 271 g/mol. The topological polar surface area (TPSA) is 41.6 Å². The number of halogens is 3. The van der Waals surface area contributed by atoms with Crippen LogP contribution in [0, 0.1) is 0 Å². The maximum absolute atomic E-state index is 12.8. The van der Waals surface area contributed by atoms with E-state index in [4.69, 9.17) is 0 Å². The number of alkyl halides is 3. The van der Waals surface area contributed by atoms with Crippen LogP contribution in [0.1, 0.15) is 4.88 Å². The minimum absolute atomic E-state index is 0.154. The first-order valence-electron chi connectivity index (χ1n) is 4.52. The van der Waals surface area contributed by atoms with E-state index in [2.05, 4.69) is 14.6 Å². The first-order chi connectivity index (χ1) is 8.07. The summed E-state index contributed by atoms with van der Waals surface area (Å²) in [4.78, 5) is 2.94. The molecule has 0 radical (unpaired) electrons. The molecule has 3 aromatic heterocycles. The maximum atomic E-state index is 12.8. The summed E-state index contributed by atoms with van der Waals surface area (Å²) in [7, 11) is 0. The van der Waals surface area contributed by atoms with Gasteiger partial charge in [-0.1, -0.05) is 4.49 Å². The van der Waals surface area contributed by atoms with Crippen LogP contribution in [0.2, 0.25) is 0 Å². The number of aromatic nitrogens is 3. The normalized spacial score (nSPS) is 12.4. The monoisotopic (exact) mass is 275 g/mol. The van der Waals surface area contributed by atoms with E-state index in [1.54, 1.807) is 0 Å². The Bertz CT molecular complexity index is 664. The molecule has 0 aliphatic heterocycles. The largest absolute Gasteiger partial charge is 0.426 e. The minimum Gasteiger partial charge on any atom is -0.350 e. The Hall–Kier alpha value is -1.41. The third-order valence-corrected chi connectivity index (χ3v) is 3.92. The highest BCUT2D eigenvalue weighted by molar-refractivity contribution is 7.12. The fraction of sp³-hybridized carbons (Fsp3) is 0.111. The second kappa shape index (κ2) is 3.54. The van der Waals surface area contributed by atoms with Crippen molar-refractivity contribution in [2.24, 2.45) is 0 Å². The molecule has 0 saturated heterocycles. The summed E-state index contributed by atoms with van der Waals surface area (Å²) in [6, 6.07) is 1.45. The predicted molar refractivity (Wildman–Crippen MR) is 60.1 cm³/mol. The zero-order valence-corrected chi connectivity index (χ0v) is 9.71. The van der Waals surface area contributed by atoms with Gasteiger partial charge in [0.15, 0.2) is 0 Å². The summed E-state index contributed by atoms with van der Waals surface area (Å²) in [5.41, 5.74) is 1.09. The molecule has 3 heterocycles. The lowest BCUT2D eigenvalue weighted by Crippen LogP contribution is -2.03. The second-order valence-corrected chi connectivity index (χ2v) is 4.98. The average Bonchev–Trinajstić information content (AvgIpc) is 2.90. The quantitative estimate of drug-likeness (QED) is 0.734. The van der Waals surface area contributed by atoms with Crippen molar-refractivity contribution in [3.05, 3.63) is 22.5 Å². The summed E-state index contributed by atoms with van der Waals surface area (Å²) >= 11 is 1.81. The number of nitrogens with one attached hydrogen (secondary N) is 1. The zero-order chi connectivity index (χ0) is 12.0. The fourth-order valence-electron chi connectivity index (χ4n) is 1.61. The van der Waals surface area contributed by atoms with E-state index in [0.717, 1.165) is 11.5 Å². The Morgan fingerprint density at radius 1 is 1.24 bits per heavy atom. The second-order valence-electron chi connectivity index (χ2n) is 3.31. The summed E-state index contributed by atoms with van der Waals surface area (Å²) in [6.07, 6.45) is -2.80. The van der Waals surface area contributed by atoms with Crippen LogP contribution >= 0.6 is 22.9 Å². The Kier molecular flexibility index (Phi) is 2.23. The van der Waals surface area contributed by atoms with Crippen molar-refractivity contribution in [1.82, 2.24) is 14.6 Å². The van der Waals surface area contributed by atoms with Gasteiger partial charge >= 0.3 is 6.18 Å². The molecule has 0 fully saturated rings. The SMILES string of the molecule is FC(F)(F)c1sccc1-c1c[nH]c2snnc12. The van der Waals surface area contributed by atoms with Gasteiger partial charge in [0.05, 0.1) is 0 Å². The Morgan fingerprint density at radius 2 is 2.06 bits per heavy atom. The molecule has 0 saturated carbocycles.